The molecule has 3 rings (SSSR count). The number of hydrogen-bond acceptors (Lipinski definition) is 2. The Hall–Kier alpha value is -2.29. The van der Waals surface area contributed by atoms with Crippen LogP contribution < -0.4 is 5.32 Å². The summed E-state index contributed by atoms with van der Waals surface area (Å²) in [5, 5.41) is 12.3. The average Bonchev–Trinajstić information content (AvgIpc) is 2.86. The van der Waals surface area contributed by atoms with E-state index in [0.717, 1.165) is 24.1 Å². The smallest absolute Gasteiger partial charge is 0.335 e. The highest BCUT2D eigenvalue weighted by Crippen LogP contribution is 2.28. The molecule has 90 valence electrons. The van der Waals surface area contributed by atoms with E-state index in [1.54, 1.807) is 18.2 Å². The summed E-state index contributed by atoms with van der Waals surface area (Å²) >= 11 is 0. The van der Waals surface area contributed by atoms with Crippen LogP contribution in [-0.4, -0.2) is 17.6 Å². The topological polar surface area (TPSA) is 49.3 Å². The molecular weight excluding hydrogens is 226 g/mol. The van der Waals surface area contributed by atoms with Crippen molar-refractivity contribution in [2.24, 2.45) is 0 Å². The van der Waals surface area contributed by atoms with Crippen molar-refractivity contribution in [1.82, 2.24) is 0 Å². The fourth-order valence-corrected chi connectivity index (χ4v) is 2.32. The first-order chi connectivity index (χ1) is 8.74. The van der Waals surface area contributed by atoms with Crippen LogP contribution in [0.2, 0.25) is 0 Å². The summed E-state index contributed by atoms with van der Waals surface area (Å²) in [6.07, 6.45) is 1.03. The molecule has 0 saturated carbocycles. The van der Waals surface area contributed by atoms with Crippen LogP contribution in [0.4, 0.5) is 5.69 Å². The van der Waals surface area contributed by atoms with Crippen molar-refractivity contribution in [2.45, 2.75) is 6.42 Å². The van der Waals surface area contributed by atoms with Crippen molar-refractivity contribution < 1.29 is 9.90 Å². The minimum atomic E-state index is -0.889. The van der Waals surface area contributed by atoms with Gasteiger partial charge in [0.25, 0.3) is 0 Å². The number of rotatable bonds is 2. The second kappa shape index (κ2) is 4.18. The molecule has 2 aromatic rings. The molecule has 0 fully saturated rings. The highest BCUT2D eigenvalue weighted by Gasteiger charge is 2.11. The van der Waals surface area contributed by atoms with Gasteiger partial charge in [-0.25, -0.2) is 4.79 Å². The van der Waals surface area contributed by atoms with Gasteiger partial charge in [0.1, 0.15) is 0 Å². The lowest BCUT2D eigenvalue weighted by Crippen LogP contribution is -1.95. The molecule has 18 heavy (non-hydrogen) atoms. The van der Waals surface area contributed by atoms with Gasteiger partial charge in [0, 0.05) is 12.2 Å². The van der Waals surface area contributed by atoms with Gasteiger partial charge in [-0.05, 0) is 47.4 Å². The van der Waals surface area contributed by atoms with E-state index < -0.39 is 5.97 Å². The van der Waals surface area contributed by atoms with Gasteiger partial charge in [-0.2, -0.15) is 0 Å². The zero-order chi connectivity index (χ0) is 12.5. The van der Waals surface area contributed by atoms with Crippen LogP contribution in [0.1, 0.15) is 15.9 Å². The van der Waals surface area contributed by atoms with Gasteiger partial charge in [0.15, 0.2) is 0 Å². The molecule has 0 aliphatic carbocycles. The van der Waals surface area contributed by atoms with Gasteiger partial charge in [-0.15, -0.1) is 0 Å². The maximum atomic E-state index is 11.0. The van der Waals surface area contributed by atoms with E-state index in [9.17, 15) is 4.79 Å². The van der Waals surface area contributed by atoms with Crippen LogP contribution in [0.3, 0.4) is 0 Å². The minimum absolute atomic E-state index is 0.325. The quantitative estimate of drug-likeness (QED) is 0.846. The molecule has 3 heteroatoms. The Morgan fingerprint density at radius 3 is 2.78 bits per heavy atom. The van der Waals surface area contributed by atoms with E-state index in [-0.39, 0.29) is 0 Å². The molecule has 1 aliphatic rings. The molecule has 1 heterocycles. The number of benzene rings is 2. The lowest BCUT2D eigenvalue weighted by molar-refractivity contribution is 0.0697. The molecule has 0 atom stereocenters. The maximum absolute atomic E-state index is 11.0. The van der Waals surface area contributed by atoms with Crippen LogP contribution in [0, 0.1) is 0 Å². The summed E-state index contributed by atoms with van der Waals surface area (Å²) in [5.74, 6) is -0.889. The first-order valence-corrected chi connectivity index (χ1v) is 5.94. The van der Waals surface area contributed by atoms with E-state index in [4.69, 9.17) is 5.11 Å². The first-order valence-electron chi connectivity index (χ1n) is 5.94. The molecule has 2 aromatic carbocycles. The predicted molar refractivity (Wildman–Crippen MR) is 71.0 cm³/mol. The lowest BCUT2D eigenvalue weighted by Gasteiger charge is -2.06. The van der Waals surface area contributed by atoms with Crippen molar-refractivity contribution in [2.75, 3.05) is 11.9 Å². The summed E-state index contributed by atoms with van der Waals surface area (Å²) < 4.78 is 0. The molecule has 1 aliphatic heterocycles. The Labute approximate surface area is 105 Å². The standard InChI is InChI=1S/C15H13NO2/c17-15(18)13-3-1-2-10(9-13)11-4-5-14-12(8-11)6-7-16-14/h1-5,8-9,16H,6-7H2,(H,17,18). The molecule has 0 saturated heterocycles. The number of fused-ring (bicyclic) bond motifs is 1. The monoisotopic (exact) mass is 239 g/mol. The second-order valence-electron chi connectivity index (χ2n) is 4.43. The molecular formula is C15H13NO2. The molecule has 3 nitrogen and oxygen atoms in total. The van der Waals surface area contributed by atoms with Crippen molar-refractivity contribution in [3.63, 3.8) is 0 Å². The third-order valence-electron chi connectivity index (χ3n) is 3.26. The van der Waals surface area contributed by atoms with Gasteiger partial charge in [-0.1, -0.05) is 18.2 Å². The molecule has 0 radical (unpaired) electrons. The van der Waals surface area contributed by atoms with Gasteiger partial charge >= 0.3 is 5.97 Å². The summed E-state index contributed by atoms with van der Waals surface area (Å²) in [6.45, 7) is 0.980. The highest BCUT2D eigenvalue weighted by atomic mass is 16.4. The summed E-state index contributed by atoms with van der Waals surface area (Å²) in [5.41, 5.74) is 4.83. The lowest BCUT2D eigenvalue weighted by atomic mass is 10.00. The fraction of sp³-hybridized carbons (Fsp3) is 0.133. The van der Waals surface area contributed by atoms with Crippen molar-refractivity contribution in [3.05, 3.63) is 53.6 Å². The SMILES string of the molecule is O=C(O)c1cccc(-c2ccc3c(c2)CCN3)c1. The van der Waals surface area contributed by atoms with E-state index >= 15 is 0 Å². The number of carbonyl (C=O) groups is 1. The van der Waals surface area contributed by atoms with Crippen LogP contribution in [0.25, 0.3) is 11.1 Å². The second-order valence-corrected chi connectivity index (χ2v) is 4.43. The number of nitrogens with one attached hydrogen (secondary N) is 1. The number of anilines is 1. The largest absolute Gasteiger partial charge is 0.478 e. The molecule has 2 N–H and O–H groups in total. The third-order valence-corrected chi connectivity index (χ3v) is 3.26. The average molecular weight is 239 g/mol. The Morgan fingerprint density at radius 1 is 1.11 bits per heavy atom. The Balaban J connectivity index is 2.04. The van der Waals surface area contributed by atoms with E-state index in [1.165, 1.54) is 11.3 Å². The van der Waals surface area contributed by atoms with Crippen molar-refractivity contribution in [3.8, 4) is 11.1 Å². The first kappa shape index (κ1) is 10.8. The molecule has 0 spiro atoms. The van der Waals surface area contributed by atoms with E-state index in [0.29, 0.717) is 5.56 Å². The van der Waals surface area contributed by atoms with Crippen molar-refractivity contribution >= 4 is 11.7 Å². The number of carboxylic acids is 1. The number of hydrogen-bond donors (Lipinski definition) is 2. The molecule has 0 amide bonds. The minimum Gasteiger partial charge on any atom is -0.478 e. The van der Waals surface area contributed by atoms with Gasteiger partial charge < -0.3 is 10.4 Å². The van der Waals surface area contributed by atoms with Gasteiger partial charge in [0.05, 0.1) is 5.56 Å². The normalized spacial score (nSPS) is 12.9. The van der Waals surface area contributed by atoms with Crippen LogP contribution >= 0.6 is 0 Å². The maximum Gasteiger partial charge on any atom is 0.335 e. The van der Waals surface area contributed by atoms with Crippen LogP contribution in [-0.2, 0) is 6.42 Å². The van der Waals surface area contributed by atoms with E-state index in [1.807, 2.05) is 12.1 Å². The Morgan fingerprint density at radius 2 is 1.94 bits per heavy atom. The zero-order valence-corrected chi connectivity index (χ0v) is 9.81. The predicted octanol–water partition coefficient (Wildman–Crippen LogP) is 3.02. The molecule has 0 aromatic heterocycles. The molecule has 0 bridgehead atoms. The Kier molecular flexibility index (Phi) is 2.52. The van der Waals surface area contributed by atoms with Gasteiger partial charge in [-0.3, -0.25) is 0 Å². The number of aromatic carboxylic acids is 1. The van der Waals surface area contributed by atoms with Crippen molar-refractivity contribution in [1.29, 1.82) is 0 Å². The van der Waals surface area contributed by atoms with Gasteiger partial charge in [0.2, 0.25) is 0 Å². The third kappa shape index (κ3) is 1.84. The Bertz CT molecular complexity index is 620. The van der Waals surface area contributed by atoms with Crippen LogP contribution in [0.5, 0.6) is 0 Å². The summed E-state index contributed by atoms with van der Waals surface area (Å²) in [4.78, 5) is 11.0. The number of carboxylic acid groups (broad SMARTS) is 1. The zero-order valence-electron chi connectivity index (χ0n) is 9.81. The summed E-state index contributed by atoms with van der Waals surface area (Å²) in [6, 6.07) is 13.3. The van der Waals surface area contributed by atoms with Crippen LogP contribution in [0.15, 0.2) is 42.5 Å². The molecule has 0 unspecified atom stereocenters. The van der Waals surface area contributed by atoms with E-state index in [2.05, 4.69) is 17.4 Å². The fourth-order valence-electron chi connectivity index (χ4n) is 2.32. The summed E-state index contributed by atoms with van der Waals surface area (Å²) in [7, 11) is 0. The highest BCUT2D eigenvalue weighted by molar-refractivity contribution is 5.89.